The lowest BCUT2D eigenvalue weighted by molar-refractivity contribution is 0.669. The lowest BCUT2D eigenvalue weighted by Crippen LogP contribution is -2.10. The van der Waals surface area contributed by atoms with Crippen LogP contribution in [0.1, 0.15) is 0 Å². The van der Waals surface area contributed by atoms with Crippen LogP contribution in [0.25, 0.3) is 77.3 Å². The van der Waals surface area contributed by atoms with Crippen LogP contribution < -0.4 is 4.90 Å². The van der Waals surface area contributed by atoms with Gasteiger partial charge in [-0.05, 0) is 83.9 Å². The molecule has 3 heterocycles. The summed E-state index contributed by atoms with van der Waals surface area (Å²) in [4.78, 5) is 2.29. The second-order valence-corrected chi connectivity index (χ2v) is 13.8. The van der Waals surface area contributed by atoms with Gasteiger partial charge in [-0.3, -0.25) is 9.13 Å². The zero-order chi connectivity index (χ0) is 35.6. The molecule has 11 aromatic rings. The lowest BCUT2D eigenvalue weighted by atomic mass is 10.0. The Morgan fingerprint density at radius 1 is 0.389 bits per heavy atom. The molecule has 0 unspecified atom stereocenters. The zero-order valence-electron chi connectivity index (χ0n) is 29.3. The van der Waals surface area contributed by atoms with E-state index in [1.54, 1.807) is 0 Å². The van der Waals surface area contributed by atoms with E-state index in [1.165, 1.54) is 27.2 Å². The van der Waals surface area contributed by atoms with Crippen molar-refractivity contribution in [2.75, 3.05) is 4.90 Å². The number of hydrogen-bond acceptors (Lipinski definition) is 2. The highest BCUT2D eigenvalue weighted by molar-refractivity contribution is 6.23. The van der Waals surface area contributed by atoms with Crippen LogP contribution in [0.2, 0.25) is 0 Å². The van der Waals surface area contributed by atoms with Crippen molar-refractivity contribution in [3.63, 3.8) is 0 Å². The molecule has 0 N–H and O–H groups in total. The predicted octanol–water partition coefficient (Wildman–Crippen LogP) is 13.8. The molecule has 0 amide bonds. The van der Waals surface area contributed by atoms with Crippen molar-refractivity contribution in [2.45, 2.75) is 0 Å². The Labute approximate surface area is 312 Å². The number of aromatic nitrogens is 2. The molecule has 11 rings (SSSR count). The fourth-order valence-electron chi connectivity index (χ4n) is 8.32. The highest BCUT2D eigenvalue weighted by atomic mass is 16.3. The summed E-state index contributed by atoms with van der Waals surface area (Å²) >= 11 is 0. The van der Waals surface area contributed by atoms with Crippen LogP contribution >= 0.6 is 0 Å². The van der Waals surface area contributed by atoms with E-state index in [-0.39, 0.29) is 0 Å². The molecule has 0 fully saturated rings. The van der Waals surface area contributed by atoms with Gasteiger partial charge in [-0.15, -0.1) is 0 Å². The van der Waals surface area contributed by atoms with Gasteiger partial charge in [0.05, 0.1) is 16.7 Å². The Bertz CT molecular complexity index is 3140. The molecule has 4 heteroatoms. The van der Waals surface area contributed by atoms with Crippen LogP contribution in [0.5, 0.6) is 0 Å². The summed E-state index contributed by atoms with van der Waals surface area (Å²) in [5.74, 6) is 0. The van der Waals surface area contributed by atoms with Gasteiger partial charge in [-0.2, -0.15) is 0 Å². The summed E-state index contributed by atoms with van der Waals surface area (Å²) in [6.45, 7) is 0. The number of hydrogen-bond donors (Lipinski definition) is 0. The third-order valence-electron chi connectivity index (χ3n) is 10.7. The van der Waals surface area contributed by atoms with Gasteiger partial charge in [0.2, 0.25) is 0 Å². The first kappa shape index (κ1) is 30.3. The molecule has 0 aliphatic heterocycles. The maximum atomic E-state index is 6.53. The molecule has 0 spiro atoms. The Morgan fingerprint density at radius 3 is 1.69 bits per heavy atom. The van der Waals surface area contributed by atoms with E-state index in [0.29, 0.717) is 0 Å². The van der Waals surface area contributed by atoms with Crippen LogP contribution in [0.15, 0.2) is 205 Å². The minimum Gasteiger partial charge on any atom is -0.454 e. The molecule has 0 atom stereocenters. The van der Waals surface area contributed by atoms with Gasteiger partial charge in [0.25, 0.3) is 0 Å². The quantitative estimate of drug-likeness (QED) is 0.173. The molecule has 4 nitrogen and oxygen atoms in total. The molecule has 254 valence electrons. The van der Waals surface area contributed by atoms with Crippen LogP contribution in [0.3, 0.4) is 0 Å². The molecule has 0 saturated carbocycles. The summed E-state index contributed by atoms with van der Waals surface area (Å²) in [6.07, 6.45) is 0. The molecule has 8 aromatic carbocycles. The molecular formula is C50H33N3O. The molecule has 0 bridgehead atoms. The average molecular weight is 692 g/mol. The Morgan fingerprint density at radius 2 is 0.944 bits per heavy atom. The predicted molar refractivity (Wildman–Crippen MR) is 225 cm³/mol. The second-order valence-electron chi connectivity index (χ2n) is 13.8. The normalized spacial score (nSPS) is 11.7. The van der Waals surface area contributed by atoms with Crippen molar-refractivity contribution < 1.29 is 4.42 Å². The number of fused-ring (bicyclic) bond motifs is 8. The van der Waals surface area contributed by atoms with Crippen molar-refractivity contribution in [1.29, 1.82) is 0 Å². The summed E-state index contributed by atoms with van der Waals surface area (Å²) in [5.41, 5.74) is 13.0. The second kappa shape index (κ2) is 12.1. The SMILES string of the molecule is c1ccc(N(c2ccc(-c3ccc4c5c6ccccc6n(-c6ccccc6)c5n(-c5ccccc5)c4c3)cc2)c2cccc3c2oc2ccccc23)cc1. The Hall–Kier alpha value is -7.30. The summed E-state index contributed by atoms with van der Waals surface area (Å²) in [6, 6.07) is 71.2. The third kappa shape index (κ3) is 4.64. The maximum absolute atomic E-state index is 6.53. The fraction of sp³-hybridized carbons (Fsp3) is 0. The van der Waals surface area contributed by atoms with E-state index in [2.05, 4.69) is 202 Å². The summed E-state index contributed by atoms with van der Waals surface area (Å²) in [7, 11) is 0. The van der Waals surface area contributed by atoms with Crippen LogP contribution in [0.4, 0.5) is 17.1 Å². The van der Waals surface area contributed by atoms with Gasteiger partial charge in [0.1, 0.15) is 11.2 Å². The molecule has 0 aliphatic rings. The molecule has 3 aromatic heterocycles. The minimum atomic E-state index is 0.873. The number of furan rings is 1. The molecule has 0 radical (unpaired) electrons. The maximum Gasteiger partial charge on any atom is 0.159 e. The fourth-order valence-corrected chi connectivity index (χ4v) is 8.32. The molecule has 0 saturated heterocycles. The van der Waals surface area contributed by atoms with Gasteiger partial charge < -0.3 is 9.32 Å². The largest absolute Gasteiger partial charge is 0.454 e. The first-order valence-electron chi connectivity index (χ1n) is 18.4. The van der Waals surface area contributed by atoms with Gasteiger partial charge in [-0.25, -0.2) is 0 Å². The molecular weight excluding hydrogens is 659 g/mol. The van der Waals surface area contributed by atoms with Crippen molar-refractivity contribution in [3.8, 4) is 22.5 Å². The third-order valence-corrected chi connectivity index (χ3v) is 10.7. The average Bonchev–Trinajstić information content (AvgIpc) is 3.90. The van der Waals surface area contributed by atoms with E-state index in [9.17, 15) is 0 Å². The lowest BCUT2D eigenvalue weighted by Gasteiger charge is -2.25. The summed E-state index contributed by atoms with van der Waals surface area (Å²) in [5, 5.41) is 5.96. The van der Waals surface area contributed by atoms with Crippen LogP contribution in [-0.2, 0) is 0 Å². The van der Waals surface area contributed by atoms with Gasteiger partial charge >= 0.3 is 0 Å². The van der Waals surface area contributed by atoms with Gasteiger partial charge in [-0.1, -0.05) is 127 Å². The highest BCUT2D eigenvalue weighted by Crippen LogP contribution is 2.44. The number of para-hydroxylation sites is 6. The van der Waals surface area contributed by atoms with Gasteiger partial charge in [0, 0.05) is 49.7 Å². The standard InChI is InChI=1S/C50H33N3O/c1-4-15-36(16-5-1)51(45-25-14-23-41-40-21-11-13-26-47(40)54-49(41)45)39-30-27-34(28-31-39)35-29-32-43-46(33-35)53(38-19-8-3-9-20-38)50-48(43)42-22-10-12-24-44(42)52(50)37-17-6-2-7-18-37/h1-33H. The number of rotatable bonds is 6. The summed E-state index contributed by atoms with van der Waals surface area (Å²) < 4.78 is 11.4. The molecule has 54 heavy (non-hydrogen) atoms. The minimum absolute atomic E-state index is 0.873. The van der Waals surface area contributed by atoms with E-state index in [0.717, 1.165) is 67.1 Å². The number of nitrogens with zero attached hydrogens (tertiary/aromatic N) is 3. The number of benzene rings is 8. The van der Waals surface area contributed by atoms with Crippen LogP contribution in [0, 0.1) is 0 Å². The molecule has 0 aliphatic carbocycles. The van der Waals surface area contributed by atoms with E-state index >= 15 is 0 Å². The highest BCUT2D eigenvalue weighted by Gasteiger charge is 2.23. The number of anilines is 3. The van der Waals surface area contributed by atoms with Crippen molar-refractivity contribution in [3.05, 3.63) is 200 Å². The van der Waals surface area contributed by atoms with Crippen molar-refractivity contribution in [1.82, 2.24) is 9.13 Å². The first-order valence-corrected chi connectivity index (χ1v) is 18.4. The Kier molecular flexibility index (Phi) is 6.82. The van der Waals surface area contributed by atoms with Crippen molar-refractivity contribution >= 4 is 71.8 Å². The smallest absolute Gasteiger partial charge is 0.159 e. The first-order chi connectivity index (χ1) is 26.8. The van der Waals surface area contributed by atoms with Gasteiger partial charge in [0.15, 0.2) is 5.58 Å². The van der Waals surface area contributed by atoms with E-state index in [1.807, 2.05) is 12.1 Å². The van der Waals surface area contributed by atoms with Crippen LogP contribution in [-0.4, -0.2) is 9.13 Å². The topological polar surface area (TPSA) is 26.2 Å². The zero-order valence-corrected chi connectivity index (χ0v) is 29.3. The van der Waals surface area contributed by atoms with Crippen molar-refractivity contribution in [2.24, 2.45) is 0 Å². The monoisotopic (exact) mass is 691 g/mol. The van der Waals surface area contributed by atoms with E-state index in [4.69, 9.17) is 4.42 Å². The Balaban J connectivity index is 1.09. The van der Waals surface area contributed by atoms with E-state index < -0.39 is 0 Å².